The van der Waals surface area contributed by atoms with Gasteiger partial charge in [-0.15, -0.1) is 5.10 Å². The smallest absolute Gasteiger partial charge is 0.326 e. The summed E-state index contributed by atoms with van der Waals surface area (Å²) >= 11 is 1.51. The second-order valence-electron chi connectivity index (χ2n) is 5.81. The number of hydrogen-bond acceptors (Lipinski definition) is 7. The second-order valence-corrected chi connectivity index (χ2v) is 9.12. The maximum absolute atomic E-state index is 14.1. The Morgan fingerprint density at radius 1 is 0.926 bits per heavy atom. The number of aromatic nitrogens is 4. The van der Waals surface area contributed by atoms with Crippen molar-refractivity contribution in [3.63, 3.8) is 0 Å². The van der Waals surface area contributed by atoms with Crippen molar-refractivity contribution in [2.45, 2.75) is 9.79 Å². The molecule has 1 aliphatic rings. The summed E-state index contributed by atoms with van der Waals surface area (Å²) in [7, 11) is -3.61. The minimum Gasteiger partial charge on any atom is -0.326 e. The van der Waals surface area contributed by atoms with Crippen LogP contribution >= 0.6 is 19.1 Å². The van der Waals surface area contributed by atoms with E-state index in [1.807, 2.05) is 24.3 Å². The van der Waals surface area contributed by atoms with Gasteiger partial charge < -0.3 is 4.62 Å². The molecule has 7 nitrogen and oxygen atoms in total. The maximum Gasteiger partial charge on any atom is 0.332 e. The van der Waals surface area contributed by atoms with E-state index in [0.717, 1.165) is 9.79 Å². The Morgan fingerprint density at radius 2 is 1.59 bits per heavy atom. The molecule has 4 aromatic rings. The molecule has 0 saturated carbocycles. The summed E-state index contributed by atoms with van der Waals surface area (Å²) in [5.74, 6) is 0. The molecule has 0 aliphatic carbocycles. The van der Waals surface area contributed by atoms with Crippen molar-refractivity contribution >= 4 is 40.8 Å². The van der Waals surface area contributed by atoms with Gasteiger partial charge in [0.1, 0.15) is 5.52 Å². The fourth-order valence-electron chi connectivity index (χ4n) is 2.93. The first-order valence-electron chi connectivity index (χ1n) is 8.05. The molecule has 0 radical (unpaired) electrons. The average Bonchev–Trinajstić information content (AvgIpc) is 2.71. The van der Waals surface area contributed by atoms with E-state index in [4.69, 9.17) is 4.62 Å². The Labute approximate surface area is 157 Å². The SMILES string of the molecule is O=c1c2ncccc2nnn1OP1(=O)c2ccccc2Sc2ccccc21. The minimum atomic E-state index is -3.61. The van der Waals surface area contributed by atoms with Gasteiger partial charge in [0.2, 0.25) is 0 Å². The quantitative estimate of drug-likeness (QED) is 0.481. The predicted molar refractivity (Wildman–Crippen MR) is 102 cm³/mol. The van der Waals surface area contributed by atoms with Crippen molar-refractivity contribution in [3.05, 3.63) is 77.2 Å². The fraction of sp³-hybridized carbons (Fsp3) is 0. The molecular formula is C18H11N4O3PS. The van der Waals surface area contributed by atoms with Crippen LogP contribution in [0.3, 0.4) is 0 Å². The van der Waals surface area contributed by atoms with Crippen LogP contribution in [0.1, 0.15) is 0 Å². The lowest BCUT2D eigenvalue weighted by Gasteiger charge is -2.26. The van der Waals surface area contributed by atoms with Crippen molar-refractivity contribution in [1.29, 1.82) is 0 Å². The molecule has 0 bridgehead atoms. The van der Waals surface area contributed by atoms with E-state index in [9.17, 15) is 9.36 Å². The van der Waals surface area contributed by atoms with Crippen LogP contribution in [-0.2, 0) is 4.57 Å². The van der Waals surface area contributed by atoms with Crippen molar-refractivity contribution in [2.24, 2.45) is 0 Å². The summed E-state index contributed by atoms with van der Waals surface area (Å²) in [6, 6.07) is 17.9. The van der Waals surface area contributed by atoms with E-state index in [1.54, 1.807) is 36.4 Å². The molecule has 27 heavy (non-hydrogen) atoms. The third kappa shape index (κ3) is 2.49. The van der Waals surface area contributed by atoms with Crippen molar-refractivity contribution in [2.75, 3.05) is 0 Å². The summed E-state index contributed by atoms with van der Waals surface area (Å²) in [6.45, 7) is 0. The normalized spacial score (nSPS) is 14.4. The van der Waals surface area contributed by atoms with Gasteiger partial charge in [0.05, 0.1) is 10.6 Å². The molecule has 0 unspecified atom stereocenters. The third-order valence-corrected chi connectivity index (χ3v) is 8.06. The lowest BCUT2D eigenvalue weighted by atomic mass is 10.3. The van der Waals surface area contributed by atoms with Crippen molar-refractivity contribution < 1.29 is 9.19 Å². The van der Waals surface area contributed by atoms with Gasteiger partial charge in [0.25, 0.3) is 0 Å². The lowest BCUT2D eigenvalue weighted by Crippen LogP contribution is -2.36. The van der Waals surface area contributed by atoms with E-state index >= 15 is 0 Å². The molecule has 0 amide bonds. The number of fused-ring (bicyclic) bond motifs is 3. The molecule has 0 N–H and O–H groups in total. The molecule has 9 heteroatoms. The molecule has 2 aromatic heterocycles. The molecular weight excluding hydrogens is 383 g/mol. The van der Waals surface area contributed by atoms with E-state index in [1.165, 1.54) is 18.0 Å². The fourth-order valence-corrected chi connectivity index (χ4v) is 6.86. The summed E-state index contributed by atoms with van der Waals surface area (Å²) in [6.07, 6.45) is 1.49. The zero-order valence-corrected chi connectivity index (χ0v) is 15.4. The molecule has 0 spiro atoms. The van der Waals surface area contributed by atoms with Gasteiger partial charge in [-0.2, -0.15) is 0 Å². The van der Waals surface area contributed by atoms with Crippen LogP contribution in [0.5, 0.6) is 0 Å². The number of nitrogens with zero attached hydrogens (tertiary/aromatic N) is 4. The average molecular weight is 394 g/mol. The Hall–Kier alpha value is -2.96. The third-order valence-electron chi connectivity index (χ3n) is 4.17. The van der Waals surface area contributed by atoms with Crippen LogP contribution in [0, 0.1) is 0 Å². The first-order valence-corrected chi connectivity index (χ1v) is 10.5. The van der Waals surface area contributed by atoms with Crippen LogP contribution in [0.4, 0.5) is 0 Å². The molecule has 0 atom stereocenters. The predicted octanol–water partition coefficient (Wildman–Crippen LogP) is 2.01. The van der Waals surface area contributed by atoms with Gasteiger partial charge in [-0.05, 0) is 46.5 Å². The standard InChI is InChI=1S/C18H11N4O3PS/c23-18-17-12(6-5-11-19-17)20-21-22(18)25-26(24)13-7-1-3-9-15(13)27-16-10-4-2-8-14(16)26/h1-11H. The summed E-state index contributed by atoms with van der Waals surface area (Å²) in [5, 5.41) is 8.82. The van der Waals surface area contributed by atoms with E-state index in [-0.39, 0.29) is 5.52 Å². The Morgan fingerprint density at radius 3 is 2.30 bits per heavy atom. The molecule has 0 fully saturated rings. The van der Waals surface area contributed by atoms with E-state index in [0.29, 0.717) is 21.0 Å². The topological polar surface area (TPSA) is 87.0 Å². The first-order chi connectivity index (χ1) is 13.2. The van der Waals surface area contributed by atoms with Crippen LogP contribution in [0.2, 0.25) is 0 Å². The van der Waals surface area contributed by atoms with Crippen molar-refractivity contribution in [3.8, 4) is 0 Å². The first kappa shape index (κ1) is 16.2. The summed E-state index contributed by atoms with van der Waals surface area (Å²) < 4.78 is 19.8. The maximum atomic E-state index is 14.1. The van der Waals surface area contributed by atoms with Crippen LogP contribution < -0.4 is 20.8 Å². The second kappa shape index (κ2) is 6.04. The van der Waals surface area contributed by atoms with Gasteiger partial charge in [-0.3, -0.25) is 9.36 Å². The molecule has 3 heterocycles. The Kier molecular flexibility index (Phi) is 3.63. The summed E-state index contributed by atoms with van der Waals surface area (Å²) in [4.78, 5) is 19.1. The molecule has 132 valence electrons. The van der Waals surface area contributed by atoms with Gasteiger partial charge in [-0.1, -0.05) is 36.0 Å². The molecule has 1 aliphatic heterocycles. The monoisotopic (exact) mass is 394 g/mol. The van der Waals surface area contributed by atoms with Crippen LogP contribution in [0.25, 0.3) is 11.0 Å². The van der Waals surface area contributed by atoms with Crippen LogP contribution in [0.15, 0.2) is 81.4 Å². The Bertz CT molecular complexity index is 1260. The van der Waals surface area contributed by atoms with Crippen LogP contribution in [-0.4, -0.2) is 20.1 Å². The number of rotatable bonds is 2. The van der Waals surface area contributed by atoms with E-state index < -0.39 is 12.9 Å². The molecule has 2 aromatic carbocycles. The zero-order valence-electron chi connectivity index (χ0n) is 13.7. The van der Waals surface area contributed by atoms with Gasteiger partial charge in [0, 0.05) is 16.0 Å². The van der Waals surface area contributed by atoms with Gasteiger partial charge in [-0.25, -0.2) is 4.98 Å². The number of pyridine rings is 1. The zero-order chi connectivity index (χ0) is 18.4. The number of hydrogen-bond donors (Lipinski definition) is 0. The van der Waals surface area contributed by atoms with Gasteiger partial charge >= 0.3 is 12.9 Å². The number of benzene rings is 2. The minimum absolute atomic E-state index is 0.104. The largest absolute Gasteiger partial charge is 0.332 e. The highest BCUT2D eigenvalue weighted by atomic mass is 32.2. The highest BCUT2D eigenvalue weighted by molar-refractivity contribution is 8.01. The highest BCUT2D eigenvalue weighted by Crippen LogP contribution is 2.50. The van der Waals surface area contributed by atoms with Gasteiger partial charge in [0.15, 0.2) is 5.52 Å². The lowest BCUT2D eigenvalue weighted by molar-refractivity contribution is 0.218. The summed E-state index contributed by atoms with van der Waals surface area (Å²) in [5.41, 5.74) is -0.156. The highest BCUT2D eigenvalue weighted by Gasteiger charge is 2.40. The molecule has 5 rings (SSSR count). The molecule has 0 saturated heterocycles. The van der Waals surface area contributed by atoms with E-state index in [2.05, 4.69) is 15.3 Å². The Balaban J connectivity index is 1.73. The van der Waals surface area contributed by atoms with Crippen molar-refractivity contribution in [1.82, 2.24) is 20.1 Å².